The van der Waals surface area contributed by atoms with Crippen LogP contribution in [0.1, 0.15) is 36.3 Å². The Bertz CT molecular complexity index is 451. The van der Waals surface area contributed by atoms with E-state index in [1.165, 1.54) is 24.8 Å². The van der Waals surface area contributed by atoms with Gasteiger partial charge in [0.25, 0.3) is 0 Å². The minimum atomic E-state index is 0.691. The van der Waals surface area contributed by atoms with Gasteiger partial charge in [-0.15, -0.1) is 0 Å². The third-order valence-electron chi connectivity index (χ3n) is 4.09. The molecular weight excluding hydrogens is 192 g/mol. The van der Waals surface area contributed by atoms with Crippen LogP contribution in [0.25, 0.3) is 0 Å². The molecular formula is C16H18. The molecule has 0 heterocycles. The molecule has 1 aromatic rings. The highest BCUT2D eigenvalue weighted by Gasteiger charge is 2.31. The van der Waals surface area contributed by atoms with Gasteiger partial charge in [-0.1, -0.05) is 48.1 Å². The van der Waals surface area contributed by atoms with E-state index in [0.717, 1.165) is 5.92 Å². The summed E-state index contributed by atoms with van der Waals surface area (Å²) < 4.78 is 0. The van der Waals surface area contributed by atoms with Crippen LogP contribution < -0.4 is 0 Å². The predicted octanol–water partition coefficient (Wildman–Crippen LogP) is 4.37. The maximum Gasteiger partial charge on any atom is 0.00570 e. The fraction of sp³-hybridized carbons (Fsp3) is 0.375. The van der Waals surface area contributed by atoms with Gasteiger partial charge in [-0.25, -0.2) is 0 Å². The zero-order chi connectivity index (χ0) is 11.0. The standard InChI is InChI=1S/C16H18/c1-12-6-2-4-8-14(12)16-11-10-13-7-3-5-9-15(13)16/h2-6,8-9,13,16H,7,10-11H2,1H3. The van der Waals surface area contributed by atoms with Gasteiger partial charge in [0.15, 0.2) is 0 Å². The molecule has 2 unspecified atom stereocenters. The lowest BCUT2D eigenvalue weighted by Gasteiger charge is -2.19. The van der Waals surface area contributed by atoms with Crippen LogP contribution in [0.4, 0.5) is 0 Å². The molecule has 0 saturated heterocycles. The smallest absolute Gasteiger partial charge is 0.00570 e. The summed E-state index contributed by atoms with van der Waals surface area (Å²) in [5.74, 6) is 1.52. The van der Waals surface area contributed by atoms with E-state index in [-0.39, 0.29) is 0 Å². The van der Waals surface area contributed by atoms with Crippen molar-refractivity contribution in [3.63, 3.8) is 0 Å². The summed E-state index contributed by atoms with van der Waals surface area (Å²) in [5.41, 5.74) is 4.67. The molecule has 0 aromatic heterocycles. The summed E-state index contributed by atoms with van der Waals surface area (Å²) in [5, 5.41) is 0. The van der Waals surface area contributed by atoms with Crippen molar-refractivity contribution in [1.29, 1.82) is 0 Å². The van der Waals surface area contributed by atoms with Crippen LogP contribution in [0.3, 0.4) is 0 Å². The Kier molecular flexibility index (Phi) is 2.43. The minimum Gasteiger partial charge on any atom is -0.0839 e. The van der Waals surface area contributed by atoms with Crippen LogP contribution in [-0.2, 0) is 0 Å². The minimum absolute atomic E-state index is 0.691. The van der Waals surface area contributed by atoms with Gasteiger partial charge in [0, 0.05) is 5.92 Å². The maximum absolute atomic E-state index is 2.36. The fourth-order valence-corrected chi connectivity index (χ4v) is 3.23. The molecule has 0 heteroatoms. The zero-order valence-electron chi connectivity index (χ0n) is 9.82. The third-order valence-corrected chi connectivity index (χ3v) is 4.09. The molecule has 0 aliphatic heterocycles. The van der Waals surface area contributed by atoms with Crippen LogP contribution in [-0.4, -0.2) is 0 Å². The number of fused-ring (bicyclic) bond motifs is 1. The molecule has 1 saturated carbocycles. The lowest BCUT2D eigenvalue weighted by molar-refractivity contribution is 0.632. The quantitative estimate of drug-likeness (QED) is 0.645. The van der Waals surface area contributed by atoms with Gasteiger partial charge in [0.2, 0.25) is 0 Å². The van der Waals surface area contributed by atoms with Crippen molar-refractivity contribution in [2.45, 2.75) is 32.1 Å². The highest BCUT2D eigenvalue weighted by Crippen LogP contribution is 2.46. The molecule has 3 rings (SSSR count). The van der Waals surface area contributed by atoms with Crippen LogP contribution >= 0.6 is 0 Å². The first kappa shape index (κ1) is 9.89. The molecule has 0 radical (unpaired) electrons. The highest BCUT2D eigenvalue weighted by molar-refractivity contribution is 5.40. The molecule has 2 atom stereocenters. The van der Waals surface area contributed by atoms with E-state index < -0.39 is 0 Å². The molecule has 0 bridgehead atoms. The third kappa shape index (κ3) is 1.53. The van der Waals surface area contributed by atoms with Gasteiger partial charge in [-0.2, -0.15) is 0 Å². The fourth-order valence-electron chi connectivity index (χ4n) is 3.23. The highest BCUT2D eigenvalue weighted by atomic mass is 14.4. The van der Waals surface area contributed by atoms with Gasteiger partial charge in [0.1, 0.15) is 0 Å². The van der Waals surface area contributed by atoms with Crippen LogP contribution in [0.15, 0.2) is 48.1 Å². The summed E-state index contributed by atoms with van der Waals surface area (Å²) in [4.78, 5) is 0. The molecule has 2 aliphatic rings. The number of allylic oxidation sites excluding steroid dienone is 4. The average molecular weight is 210 g/mol. The van der Waals surface area contributed by atoms with E-state index in [1.54, 1.807) is 11.1 Å². The summed E-state index contributed by atoms with van der Waals surface area (Å²) in [6.07, 6.45) is 10.9. The van der Waals surface area contributed by atoms with Crippen molar-refractivity contribution < 1.29 is 0 Å². The Hall–Kier alpha value is -1.30. The number of benzene rings is 1. The molecule has 16 heavy (non-hydrogen) atoms. The average Bonchev–Trinajstić information content (AvgIpc) is 2.74. The van der Waals surface area contributed by atoms with E-state index in [2.05, 4.69) is 49.4 Å². The van der Waals surface area contributed by atoms with E-state index in [4.69, 9.17) is 0 Å². The summed E-state index contributed by atoms with van der Waals surface area (Å²) in [6.45, 7) is 2.24. The first-order valence-electron chi connectivity index (χ1n) is 6.28. The number of hydrogen-bond acceptors (Lipinski definition) is 0. The number of rotatable bonds is 1. The summed E-state index contributed by atoms with van der Waals surface area (Å²) >= 11 is 0. The summed E-state index contributed by atoms with van der Waals surface area (Å²) in [7, 11) is 0. The second-order valence-corrected chi connectivity index (χ2v) is 5.01. The molecule has 0 nitrogen and oxygen atoms in total. The Labute approximate surface area is 97.7 Å². The van der Waals surface area contributed by atoms with Crippen LogP contribution in [0.2, 0.25) is 0 Å². The molecule has 0 amide bonds. The van der Waals surface area contributed by atoms with E-state index in [1.807, 2.05) is 0 Å². The van der Waals surface area contributed by atoms with Crippen LogP contribution in [0, 0.1) is 12.8 Å². The van der Waals surface area contributed by atoms with E-state index in [9.17, 15) is 0 Å². The lowest BCUT2D eigenvalue weighted by Crippen LogP contribution is -2.04. The lowest BCUT2D eigenvalue weighted by atomic mass is 9.85. The summed E-state index contributed by atoms with van der Waals surface area (Å²) in [6, 6.07) is 8.86. The molecule has 1 fully saturated rings. The molecule has 2 aliphatic carbocycles. The van der Waals surface area contributed by atoms with Crippen molar-refractivity contribution in [2.75, 3.05) is 0 Å². The normalized spacial score (nSPS) is 27.7. The van der Waals surface area contributed by atoms with Crippen molar-refractivity contribution in [2.24, 2.45) is 5.92 Å². The Morgan fingerprint density at radius 3 is 2.88 bits per heavy atom. The van der Waals surface area contributed by atoms with Crippen molar-refractivity contribution in [3.05, 3.63) is 59.2 Å². The van der Waals surface area contributed by atoms with E-state index in [0.29, 0.717) is 5.92 Å². The first-order valence-corrected chi connectivity index (χ1v) is 6.28. The molecule has 0 N–H and O–H groups in total. The van der Waals surface area contributed by atoms with Gasteiger partial charge in [-0.05, 0) is 43.2 Å². The van der Waals surface area contributed by atoms with Crippen molar-refractivity contribution >= 4 is 0 Å². The topological polar surface area (TPSA) is 0 Å². The van der Waals surface area contributed by atoms with Crippen molar-refractivity contribution in [3.8, 4) is 0 Å². The molecule has 0 spiro atoms. The number of hydrogen-bond donors (Lipinski definition) is 0. The first-order chi connectivity index (χ1) is 7.86. The second-order valence-electron chi connectivity index (χ2n) is 5.01. The van der Waals surface area contributed by atoms with E-state index >= 15 is 0 Å². The van der Waals surface area contributed by atoms with Gasteiger partial charge in [-0.3, -0.25) is 0 Å². The predicted molar refractivity (Wildman–Crippen MR) is 68.5 cm³/mol. The number of aryl methyl sites for hydroxylation is 1. The Morgan fingerprint density at radius 1 is 1.12 bits per heavy atom. The monoisotopic (exact) mass is 210 g/mol. The Balaban J connectivity index is 1.99. The largest absolute Gasteiger partial charge is 0.0839 e. The van der Waals surface area contributed by atoms with Gasteiger partial charge >= 0.3 is 0 Å². The van der Waals surface area contributed by atoms with Crippen molar-refractivity contribution in [1.82, 2.24) is 0 Å². The second kappa shape index (κ2) is 3.93. The zero-order valence-corrected chi connectivity index (χ0v) is 9.82. The van der Waals surface area contributed by atoms with Gasteiger partial charge < -0.3 is 0 Å². The van der Waals surface area contributed by atoms with Gasteiger partial charge in [0.05, 0.1) is 0 Å². The SMILES string of the molecule is Cc1ccccc1C1CCC2CC=CC=C21. The Morgan fingerprint density at radius 2 is 2.00 bits per heavy atom. The van der Waals surface area contributed by atoms with Crippen LogP contribution in [0.5, 0.6) is 0 Å². The molecule has 82 valence electrons. The maximum atomic E-state index is 2.36. The molecule has 1 aromatic carbocycles.